The second-order valence-electron chi connectivity index (χ2n) is 7.05. The summed E-state index contributed by atoms with van der Waals surface area (Å²) in [6, 6.07) is 12.9. The van der Waals surface area contributed by atoms with Crippen molar-refractivity contribution in [2.24, 2.45) is 0 Å². The van der Waals surface area contributed by atoms with E-state index in [0.29, 0.717) is 0 Å². The Morgan fingerprint density at radius 1 is 1.06 bits per heavy atom. The van der Waals surface area contributed by atoms with Crippen LogP contribution >= 0.6 is 11.6 Å². The first-order valence-corrected chi connectivity index (χ1v) is 11.3. The van der Waals surface area contributed by atoms with Crippen LogP contribution in [0, 0.1) is 10.1 Å². The van der Waals surface area contributed by atoms with Crippen molar-refractivity contribution in [3.05, 3.63) is 93.3 Å². The van der Waals surface area contributed by atoms with Crippen molar-refractivity contribution in [3.63, 3.8) is 0 Å². The van der Waals surface area contributed by atoms with E-state index in [1.807, 2.05) is 0 Å². The number of halogens is 4. The van der Waals surface area contributed by atoms with Gasteiger partial charge >= 0.3 is 12.0 Å². The molecule has 2 aromatic heterocycles. The summed E-state index contributed by atoms with van der Waals surface area (Å²) in [7, 11) is -3.96. The minimum Gasteiger partial charge on any atom is -0.358 e. The van der Waals surface area contributed by atoms with E-state index in [-0.39, 0.29) is 32.4 Å². The number of aromatic nitrogens is 2. The van der Waals surface area contributed by atoms with Gasteiger partial charge < -0.3 is 10.1 Å². The molecule has 0 unspecified atom stereocenters. The van der Waals surface area contributed by atoms with Gasteiger partial charge in [0.15, 0.2) is 15.5 Å². The molecule has 12 heteroatoms. The van der Waals surface area contributed by atoms with E-state index in [0.717, 1.165) is 16.5 Å². The molecule has 4 rings (SSSR count). The molecular formula is C21H13ClF3N3O4S. The van der Waals surface area contributed by atoms with Crippen LogP contribution in [0.25, 0.3) is 16.8 Å². The van der Waals surface area contributed by atoms with E-state index in [9.17, 15) is 31.7 Å². The Morgan fingerprint density at radius 2 is 1.70 bits per heavy atom. The highest BCUT2D eigenvalue weighted by atomic mass is 35.5. The molecule has 0 spiro atoms. The Kier molecular flexibility index (Phi) is 5.62. The number of alkyl halides is 3. The number of nitrogens with zero attached hydrogens (tertiary/aromatic N) is 3. The highest BCUT2D eigenvalue weighted by Crippen LogP contribution is 2.35. The zero-order chi connectivity index (χ0) is 24.0. The predicted octanol–water partition coefficient (Wildman–Crippen LogP) is 5.56. The number of sulfone groups is 1. The van der Waals surface area contributed by atoms with Gasteiger partial charge in [0.25, 0.3) is 0 Å². The lowest BCUT2D eigenvalue weighted by Crippen LogP contribution is -2.07. The third-order valence-corrected chi connectivity index (χ3v) is 6.71. The molecule has 2 aromatic carbocycles. The van der Waals surface area contributed by atoms with Crippen LogP contribution in [0.4, 0.5) is 19.0 Å². The van der Waals surface area contributed by atoms with Gasteiger partial charge in [-0.15, -0.1) is 0 Å². The maximum atomic E-state index is 12.9. The fraction of sp³-hybridized carbons (Fsp3) is 0.0952. The van der Waals surface area contributed by atoms with E-state index >= 15 is 0 Å². The summed E-state index contributed by atoms with van der Waals surface area (Å²) in [4.78, 5) is 15.2. The van der Waals surface area contributed by atoms with Crippen molar-refractivity contribution >= 4 is 32.9 Å². The highest BCUT2D eigenvalue weighted by Gasteiger charge is 2.32. The summed E-state index contributed by atoms with van der Waals surface area (Å²) >= 11 is 6.12. The first kappa shape index (κ1) is 22.7. The zero-order valence-electron chi connectivity index (χ0n) is 16.5. The monoisotopic (exact) mass is 495 g/mol. The quantitative estimate of drug-likeness (QED) is 0.267. The van der Waals surface area contributed by atoms with E-state index in [4.69, 9.17) is 11.6 Å². The van der Waals surface area contributed by atoms with Gasteiger partial charge in [-0.2, -0.15) is 17.6 Å². The second-order valence-corrected chi connectivity index (χ2v) is 9.48. The molecule has 0 saturated heterocycles. The summed E-state index contributed by atoms with van der Waals surface area (Å²) in [6.07, 6.45) is -3.33. The lowest BCUT2D eigenvalue weighted by Gasteiger charge is -2.08. The SMILES string of the molecule is O=[N+]([O-])c1c(CS(=O)(=O)c2ccccc2)nc2c(-c3ccc(C(F)(F)F)cc3)cc(Cl)cn12. The molecule has 7 nitrogen and oxygen atoms in total. The number of hydrogen-bond acceptors (Lipinski definition) is 5. The number of hydrogen-bond donors (Lipinski definition) is 0. The molecule has 4 aromatic rings. The van der Waals surface area contributed by atoms with E-state index in [1.54, 1.807) is 6.07 Å². The van der Waals surface area contributed by atoms with Crippen LogP contribution in [0.1, 0.15) is 11.3 Å². The fourth-order valence-corrected chi connectivity index (χ4v) is 4.88. The summed E-state index contributed by atoms with van der Waals surface area (Å²) in [5.41, 5.74) is -0.716. The first-order valence-electron chi connectivity index (χ1n) is 9.28. The van der Waals surface area contributed by atoms with E-state index in [1.165, 1.54) is 48.7 Å². The van der Waals surface area contributed by atoms with Gasteiger partial charge in [-0.05, 0) is 40.8 Å². The van der Waals surface area contributed by atoms with Crippen LogP contribution in [0.15, 0.2) is 71.8 Å². The van der Waals surface area contributed by atoms with Gasteiger partial charge in [0.1, 0.15) is 11.9 Å². The Morgan fingerprint density at radius 3 is 2.27 bits per heavy atom. The number of rotatable bonds is 5. The molecule has 0 fully saturated rings. The summed E-state index contributed by atoms with van der Waals surface area (Å²) in [6.45, 7) is 0. The van der Waals surface area contributed by atoms with Crippen molar-refractivity contribution < 1.29 is 26.5 Å². The molecule has 0 amide bonds. The minimum atomic E-state index is -4.53. The fourth-order valence-electron chi connectivity index (χ4n) is 3.38. The zero-order valence-corrected chi connectivity index (χ0v) is 18.0. The average molecular weight is 496 g/mol. The lowest BCUT2D eigenvalue weighted by atomic mass is 10.0. The number of nitro groups is 1. The van der Waals surface area contributed by atoms with Crippen LogP contribution in [0.5, 0.6) is 0 Å². The van der Waals surface area contributed by atoms with Gasteiger partial charge in [0, 0.05) is 0 Å². The Labute approximate surface area is 190 Å². The molecule has 0 radical (unpaired) electrons. The number of fused-ring (bicyclic) bond motifs is 1. The van der Waals surface area contributed by atoms with Crippen molar-refractivity contribution in [2.45, 2.75) is 16.8 Å². The van der Waals surface area contributed by atoms with Crippen LogP contribution in [0.3, 0.4) is 0 Å². The maximum Gasteiger partial charge on any atom is 0.416 e. The second kappa shape index (κ2) is 8.16. The van der Waals surface area contributed by atoms with Gasteiger partial charge in [-0.1, -0.05) is 41.9 Å². The molecule has 0 aliphatic heterocycles. The minimum absolute atomic E-state index is 0.0101. The number of benzene rings is 2. The third kappa shape index (κ3) is 4.41. The van der Waals surface area contributed by atoms with Gasteiger partial charge in [0.2, 0.25) is 5.65 Å². The Hall–Kier alpha value is -3.44. The molecule has 0 atom stereocenters. The molecule has 0 bridgehead atoms. The average Bonchev–Trinajstić information content (AvgIpc) is 3.10. The summed E-state index contributed by atoms with van der Waals surface area (Å²) in [5.74, 6) is -1.35. The molecule has 0 N–H and O–H groups in total. The van der Waals surface area contributed by atoms with E-state index < -0.39 is 38.1 Å². The van der Waals surface area contributed by atoms with Gasteiger partial charge in [-0.3, -0.25) is 0 Å². The standard InChI is InChI=1S/C21H13ClF3N3O4S/c22-15-10-17(13-6-8-14(9-7-13)21(23,24)25)19-26-18(20(28(29)30)27(19)11-15)12-33(31,32)16-4-2-1-3-5-16/h1-11H,12H2. The molecule has 0 saturated carbocycles. The summed E-state index contributed by atoms with van der Waals surface area (Å²) < 4.78 is 65.4. The number of pyridine rings is 1. The first-order chi connectivity index (χ1) is 15.5. The van der Waals surface area contributed by atoms with Crippen LogP contribution in [-0.4, -0.2) is 22.7 Å². The maximum absolute atomic E-state index is 12.9. The summed E-state index contributed by atoms with van der Waals surface area (Å²) in [5, 5.41) is 11.9. The lowest BCUT2D eigenvalue weighted by molar-refractivity contribution is -0.391. The molecule has 0 aliphatic rings. The normalized spacial score (nSPS) is 12.2. The van der Waals surface area contributed by atoms with E-state index in [2.05, 4.69) is 4.98 Å². The molecule has 170 valence electrons. The predicted molar refractivity (Wildman–Crippen MR) is 115 cm³/mol. The molecule has 33 heavy (non-hydrogen) atoms. The van der Waals surface area contributed by atoms with Crippen LogP contribution < -0.4 is 0 Å². The van der Waals surface area contributed by atoms with Gasteiger partial charge in [-0.25, -0.2) is 13.4 Å². The molecule has 2 heterocycles. The number of imidazole rings is 1. The third-order valence-electron chi connectivity index (χ3n) is 4.86. The highest BCUT2D eigenvalue weighted by molar-refractivity contribution is 7.90. The van der Waals surface area contributed by atoms with Crippen molar-refractivity contribution in [2.75, 3.05) is 0 Å². The van der Waals surface area contributed by atoms with Gasteiger partial charge in [0.05, 0.1) is 21.0 Å². The van der Waals surface area contributed by atoms with Crippen LogP contribution in [0.2, 0.25) is 5.02 Å². The Balaban J connectivity index is 1.89. The Bertz CT molecular complexity index is 1470. The van der Waals surface area contributed by atoms with Crippen molar-refractivity contribution in [1.29, 1.82) is 0 Å². The van der Waals surface area contributed by atoms with Crippen molar-refractivity contribution in [3.8, 4) is 11.1 Å². The largest absolute Gasteiger partial charge is 0.416 e. The smallest absolute Gasteiger partial charge is 0.358 e. The van der Waals surface area contributed by atoms with Crippen molar-refractivity contribution in [1.82, 2.24) is 9.38 Å². The molecule has 0 aliphatic carbocycles. The topological polar surface area (TPSA) is 94.6 Å². The molecular weight excluding hydrogens is 483 g/mol. The van der Waals surface area contributed by atoms with Crippen LogP contribution in [-0.2, 0) is 21.8 Å².